The molecule has 0 radical (unpaired) electrons. The van der Waals surface area contributed by atoms with Gasteiger partial charge in [0.05, 0.1) is 0 Å². The molecule has 2 bridgehead atoms. The molecular weight excluding hydrogens is 346 g/mol. The molecule has 1 aromatic carbocycles. The third-order valence-electron chi connectivity index (χ3n) is 6.18. The fourth-order valence-corrected chi connectivity index (χ4v) is 5.15. The van der Waals surface area contributed by atoms with Gasteiger partial charge in [-0.2, -0.15) is 0 Å². The fraction of sp³-hybridized carbons (Fsp3) is 0.591. The topological polar surface area (TPSA) is 49.3 Å². The van der Waals surface area contributed by atoms with Crippen LogP contribution >= 0.6 is 11.6 Å². The Labute approximate surface area is 161 Å². The molecule has 2 saturated carbocycles. The minimum atomic E-state index is -0.699. The number of carboxylic acid groups (broad SMARTS) is 1. The van der Waals surface area contributed by atoms with Crippen molar-refractivity contribution in [2.45, 2.75) is 52.0 Å². The summed E-state index contributed by atoms with van der Waals surface area (Å²) in [5.41, 5.74) is 2.36. The van der Waals surface area contributed by atoms with Gasteiger partial charge in [0.2, 0.25) is 0 Å². The Balaban J connectivity index is 1.50. The Bertz CT molecular complexity index is 658. The number of aliphatic carboxylic acids is 1. The molecule has 1 aromatic rings. The van der Waals surface area contributed by atoms with Gasteiger partial charge >= 0.3 is 5.97 Å². The molecule has 2 aliphatic rings. The van der Waals surface area contributed by atoms with Crippen molar-refractivity contribution in [1.29, 1.82) is 0 Å². The number of fused-ring (bicyclic) bond motifs is 2. The number of nitrogens with one attached hydrogen (secondary N) is 1. The second-order valence-electron chi connectivity index (χ2n) is 8.01. The lowest BCUT2D eigenvalue weighted by Crippen LogP contribution is -2.31. The van der Waals surface area contributed by atoms with Crippen LogP contribution in [0.2, 0.25) is 5.02 Å². The number of aryl methyl sites for hydroxylation is 1. The number of allylic oxidation sites excluding steroid dienone is 2. The van der Waals surface area contributed by atoms with Crippen molar-refractivity contribution in [1.82, 2.24) is 5.32 Å². The quantitative estimate of drug-likeness (QED) is 0.460. The predicted molar refractivity (Wildman–Crippen MR) is 106 cm³/mol. The average Bonchev–Trinajstić information content (AvgIpc) is 3.18. The minimum absolute atomic E-state index is 0.267. The van der Waals surface area contributed by atoms with Crippen LogP contribution in [0.4, 0.5) is 0 Å². The van der Waals surface area contributed by atoms with E-state index in [0.29, 0.717) is 11.8 Å². The lowest BCUT2D eigenvalue weighted by molar-refractivity contribution is -0.137. The van der Waals surface area contributed by atoms with Gasteiger partial charge in [0.25, 0.3) is 0 Å². The van der Waals surface area contributed by atoms with Crippen LogP contribution in [0.1, 0.15) is 49.7 Å². The highest BCUT2D eigenvalue weighted by molar-refractivity contribution is 6.31. The predicted octanol–water partition coefficient (Wildman–Crippen LogP) is 5.21. The van der Waals surface area contributed by atoms with Crippen molar-refractivity contribution in [3.05, 3.63) is 46.5 Å². The molecule has 4 heteroatoms. The molecule has 2 aliphatic carbocycles. The first-order valence-corrected chi connectivity index (χ1v) is 10.3. The van der Waals surface area contributed by atoms with Gasteiger partial charge in [-0.05, 0) is 86.4 Å². The third-order valence-corrected chi connectivity index (χ3v) is 6.53. The van der Waals surface area contributed by atoms with E-state index in [9.17, 15) is 4.79 Å². The summed E-state index contributed by atoms with van der Waals surface area (Å²) in [5, 5.41) is 13.2. The van der Waals surface area contributed by atoms with Crippen LogP contribution in [0, 0.1) is 30.6 Å². The normalized spacial score (nSPS) is 27.5. The van der Waals surface area contributed by atoms with Crippen LogP contribution in [0.15, 0.2) is 30.4 Å². The summed E-state index contributed by atoms with van der Waals surface area (Å²) in [7, 11) is 0. The third kappa shape index (κ3) is 4.89. The Kier molecular flexibility index (Phi) is 6.77. The van der Waals surface area contributed by atoms with Crippen LogP contribution in [-0.4, -0.2) is 17.6 Å². The molecule has 3 rings (SSSR count). The molecule has 0 saturated heterocycles. The molecule has 26 heavy (non-hydrogen) atoms. The Hall–Kier alpha value is -1.32. The van der Waals surface area contributed by atoms with Crippen molar-refractivity contribution in [2.24, 2.45) is 23.7 Å². The Morgan fingerprint density at radius 3 is 2.92 bits per heavy atom. The second kappa shape index (κ2) is 9.05. The van der Waals surface area contributed by atoms with E-state index in [2.05, 4.69) is 36.5 Å². The summed E-state index contributed by atoms with van der Waals surface area (Å²) in [4.78, 5) is 10.6. The highest BCUT2D eigenvalue weighted by Crippen LogP contribution is 2.52. The fourth-order valence-electron chi connectivity index (χ4n) is 4.85. The first-order valence-electron chi connectivity index (χ1n) is 9.89. The first-order chi connectivity index (χ1) is 12.5. The largest absolute Gasteiger partial charge is 0.481 e. The van der Waals surface area contributed by atoms with Crippen LogP contribution < -0.4 is 5.32 Å². The van der Waals surface area contributed by atoms with Gasteiger partial charge < -0.3 is 10.4 Å². The van der Waals surface area contributed by atoms with Crippen molar-refractivity contribution in [2.75, 3.05) is 6.54 Å². The molecule has 0 heterocycles. The number of carboxylic acids is 1. The van der Waals surface area contributed by atoms with Crippen molar-refractivity contribution in [3.63, 3.8) is 0 Å². The number of carbonyl (C=O) groups is 1. The van der Waals surface area contributed by atoms with Crippen molar-refractivity contribution >= 4 is 17.6 Å². The monoisotopic (exact) mass is 375 g/mol. The highest BCUT2D eigenvalue weighted by Gasteiger charge is 2.45. The van der Waals surface area contributed by atoms with Gasteiger partial charge in [0.1, 0.15) is 0 Å². The maximum Gasteiger partial charge on any atom is 0.303 e. The van der Waals surface area contributed by atoms with E-state index in [1.54, 1.807) is 0 Å². The molecule has 0 amide bonds. The Morgan fingerprint density at radius 2 is 2.15 bits per heavy atom. The number of hydrogen-bond acceptors (Lipinski definition) is 2. The molecule has 142 valence electrons. The average molecular weight is 376 g/mol. The number of rotatable bonds is 9. The van der Waals surface area contributed by atoms with Gasteiger partial charge in [-0.25, -0.2) is 0 Å². The van der Waals surface area contributed by atoms with E-state index in [0.717, 1.165) is 42.8 Å². The lowest BCUT2D eigenvalue weighted by atomic mass is 9.79. The second-order valence-corrected chi connectivity index (χ2v) is 8.42. The zero-order chi connectivity index (χ0) is 18.5. The first kappa shape index (κ1) is 19.4. The maximum absolute atomic E-state index is 10.6. The molecule has 2 N–H and O–H groups in total. The molecule has 4 atom stereocenters. The maximum atomic E-state index is 10.6. The Morgan fingerprint density at radius 1 is 1.35 bits per heavy atom. The highest BCUT2D eigenvalue weighted by atomic mass is 35.5. The number of hydrogen-bond donors (Lipinski definition) is 2. The molecule has 0 aromatic heterocycles. The van der Waals surface area contributed by atoms with E-state index in [4.69, 9.17) is 16.7 Å². The number of benzene rings is 1. The van der Waals surface area contributed by atoms with E-state index in [-0.39, 0.29) is 6.42 Å². The van der Waals surface area contributed by atoms with Crippen molar-refractivity contribution in [3.8, 4) is 0 Å². The zero-order valence-corrected chi connectivity index (χ0v) is 16.3. The summed E-state index contributed by atoms with van der Waals surface area (Å²) in [6.07, 6.45) is 10.6. The van der Waals surface area contributed by atoms with E-state index in [1.807, 2.05) is 6.07 Å². The molecule has 3 nitrogen and oxygen atoms in total. The van der Waals surface area contributed by atoms with Crippen LogP contribution in [0.5, 0.6) is 0 Å². The molecule has 0 spiro atoms. The lowest BCUT2D eigenvalue weighted by Gasteiger charge is -2.29. The van der Waals surface area contributed by atoms with Gasteiger partial charge in [-0.1, -0.05) is 35.9 Å². The van der Waals surface area contributed by atoms with Gasteiger partial charge in [0, 0.05) is 18.0 Å². The molecular formula is C22H30ClNO2. The summed E-state index contributed by atoms with van der Waals surface area (Å²) >= 11 is 6.34. The van der Waals surface area contributed by atoms with E-state index in [1.165, 1.54) is 30.4 Å². The summed E-state index contributed by atoms with van der Waals surface area (Å²) in [6, 6.07) is 6.26. The number of halogens is 1. The van der Waals surface area contributed by atoms with Gasteiger partial charge in [-0.3, -0.25) is 4.79 Å². The summed E-state index contributed by atoms with van der Waals surface area (Å²) < 4.78 is 0. The van der Waals surface area contributed by atoms with E-state index >= 15 is 0 Å². The SMILES string of the molecule is Cc1ccc(CNC[C@H]2[C@H]3CC[C@H](C3)[C@@H]2/C=C\CCCC(=O)O)c(Cl)c1. The smallest absolute Gasteiger partial charge is 0.303 e. The van der Waals surface area contributed by atoms with Gasteiger partial charge in [0.15, 0.2) is 0 Å². The van der Waals surface area contributed by atoms with E-state index < -0.39 is 5.97 Å². The standard InChI is InChI=1S/C22H30ClNO2/c1-15-7-8-18(21(23)11-15)13-24-14-20-17-10-9-16(12-17)19(20)5-3-2-4-6-22(25)26/h3,5,7-8,11,16-17,19-20,24H,2,4,6,9-10,12-14H2,1H3,(H,25,26)/b5-3-/t16-,17+,19+,20+/m1/s1. The molecule has 0 aliphatic heterocycles. The number of unbranched alkanes of at least 4 members (excludes halogenated alkanes) is 1. The summed E-state index contributed by atoms with van der Waals surface area (Å²) in [5.74, 6) is 2.32. The zero-order valence-electron chi connectivity index (χ0n) is 15.6. The van der Waals surface area contributed by atoms with Crippen molar-refractivity contribution < 1.29 is 9.90 Å². The van der Waals surface area contributed by atoms with Crippen LogP contribution in [-0.2, 0) is 11.3 Å². The van der Waals surface area contributed by atoms with Crippen LogP contribution in [0.3, 0.4) is 0 Å². The molecule has 2 fully saturated rings. The molecule has 0 unspecified atom stereocenters. The van der Waals surface area contributed by atoms with Crippen LogP contribution in [0.25, 0.3) is 0 Å². The minimum Gasteiger partial charge on any atom is -0.481 e. The summed E-state index contributed by atoms with van der Waals surface area (Å²) in [6.45, 7) is 3.92. The van der Waals surface area contributed by atoms with Gasteiger partial charge in [-0.15, -0.1) is 0 Å².